The Labute approximate surface area is 170 Å². The van der Waals surface area contributed by atoms with Crippen molar-refractivity contribution in [1.29, 1.82) is 0 Å². The number of para-hydroxylation sites is 1. The Morgan fingerprint density at radius 3 is 2.23 bits per heavy atom. The van der Waals surface area contributed by atoms with E-state index in [-0.39, 0.29) is 11.3 Å². The maximum Gasteiger partial charge on any atom is 0.421 e. The highest BCUT2D eigenvalue weighted by Crippen LogP contribution is 2.51. The number of amides is 2. The summed E-state index contributed by atoms with van der Waals surface area (Å²) >= 11 is 0. The van der Waals surface area contributed by atoms with Gasteiger partial charge in [0.25, 0.3) is 5.91 Å². The van der Waals surface area contributed by atoms with Crippen molar-refractivity contribution in [3.05, 3.63) is 59.2 Å². The number of alkyl halides is 4. The molecule has 0 radical (unpaired) electrons. The highest BCUT2D eigenvalue weighted by atomic mass is 19.4. The molecule has 0 fully saturated rings. The van der Waals surface area contributed by atoms with Crippen LogP contribution >= 0.6 is 0 Å². The second kappa shape index (κ2) is 7.00. The Bertz CT molecular complexity index is 1010. The number of anilines is 1. The van der Waals surface area contributed by atoms with Crippen molar-refractivity contribution >= 4 is 17.7 Å². The zero-order valence-electron chi connectivity index (χ0n) is 16.6. The molecule has 0 spiro atoms. The number of rotatable bonds is 2. The molecule has 9 heteroatoms. The number of fused-ring (bicyclic) bond motifs is 1. The molecule has 0 N–H and O–H groups in total. The molecule has 0 saturated carbocycles. The predicted molar refractivity (Wildman–Crippen MR) is 100 cm³/mol. The monoisotopic (exact) mass is 425 g/mol. The number of halogens is 4. The minimum Gasteiger partial charge on any atom is -0.496 e. The summed E-state index contributed by atoms with van der Waals surface area (Å²) < 4.78 is 66.4. The lowest BCUT2D eigenvalue weighted by Gasteiger charge is -2.25. The average molecular weight is 425 g/mol. The fourth-order valence-electron chi connectivity index (χ4n) is 3.24. The van der Waals surface area contributed by atoms with Crippen LogP contribution in [0.1, 0.15) is 37.5 Å². The van der Waals surface area contributed by atoms with Crippen molar-refractivity contribution < 1.29 is 36.6 Å². The van der Waals surface area contributed by atoms with E-state index in [9.17, 15) is 22.8 Å². The number of nitrogens with zero attached hydrogens (tertiary/aromatic N) is 1. The zero-order chi connectivity index (χ0) is 22.5. The molecule has 0 aliphatic carbocycles. The number of imide groups is 1. The Hall–Kier alpha value is -3.10. The van der Waals surface area contributed by atoms with Crippen molar-refractivity contribution in [3.63, 3.8) is 0 Å². The molecule has 0 bridgehead atoms. The quantitative estimate of drug-likeness (QED) is 0.620. The molecule has 1 atom stereocenters. The third kappa shape index (κ3) is 3.48. The van der Waals surface area contributed by atoms with Gasteiger partial charge in [0.1, 0.15) is 11.4 Å². The van der Waals surface area contributed by atoms with Crippen LogP contribution in [-0.4, -0.2) is 24.7 Å². The van der Waals surface area contributed by atoms with Gasteiger partial charge in [-0.2, -0.15) is 13.2 Å². The second-order valence-electron chi connectivity index (χ2n) is 7.71. The Balaban J connectivity index is 2.26. The molecule has 160 valence electrons. The van der Waals surface area contributed by atoms with Crippen LogP contribution in [0.25, 0.3) is 0 Å². The summed E-state index contributed by atoms with van der Waals surface area (Å²) in [4.78, 5) is 26.1. The third-order valence-corrected chi connectivity index (χ3v) is 4.49. The van der Waals surface area contributed by atoms with Gasteiger partial charge in [0.05, 0.1) is 18.4 Å². The van der Waals surface area contributed by atoms with Gasteiger partial charge in [-0.1, -0.05) is 24.3 Å². The lowest BCUT2D eigenvalue weighted by molar-refractivity contribution is -0.137. The lowest BCUT2D eigenvalue weighted by Crippen LogP contribution is -2.44. The SMILES string of the molecule is COc1ccccc1[C@@]1(F)C(=O)N(C(=O)OC(C)(C)C)c2cc(C(F)(F)F)ccc21. The van der Waals surface area contributed by atoms with E-state index < -0.39 is 46.3 Å². The highest BCUT2D eigenvalue weighted by Gasteiger charge is 2.57. The van der Waals surface area contributed by atoms with Crippen molar-refractivity contribution in [2.45, 2.75) is 38.2 Å². The van der Waals surface area contributed by atoms with Gasteiger partial charge >= 0.3 is 12.3 Å². The molecule has 0 aromatic heterocycles. The number of ether oxygens (including phenoxy) is 2. The molecule has 1 aliphatic rings. The van der Waals surface area contributed by atoms with Gasteiger partial charge in [-0.05, 0) is 39.0 Å². The number of carbonyl (C=O) groups excluding carboxylic acids is 2. The summed E-state index contributed by atoms with van der Waals surface area (Å²) in [7, 11) is 1.26. The van der Waals surface area contributed by atoms with Crippen LogP contribution < -0.4 is 9.64 Å². The van der Waals surface area contributed by atoms with Crippen LogP contribution in [0.5, 0.6) is 5.75 Å². The Kier molecular flexibility index (Phi) is 5.04. The predicted octanol–water partition coefficient (Wildman–Crippen LogP) is 5.21. The molecular formula is C21H19F4NO4. The Morgan fingerprint density at radius 2 is 1.67 bits per heavy atom. The molecule has 30 heavy (non-hydrogen) atoms. The second-order valence-corrected chi connectivity index (χ2v) is 7.71. The smallest absolute Gasteiger partial charge is 0.421 e. The first-order valence-electron chi connectivity index (χ1n) is 8.92. The molecule has 1 heterocycles. The van der Waals surface area contributed by atoms with Crippen molar-refractivity contribution in [3.8, 4) is 5.75 Å². The zero-order valence-corrected chi connectivity index (χ0v) is 16.6. The number of hydrogen-bond acceptors (Lipinski definition) is 4. The van der Waals surface area contributed by atoms with E-state index in [1.54, 1.807) is 6.07 Å². The standard InChI is InChI=1S/C21H19F4NO4/c1-19(2,3)30-18(28)26-15-11-12(21(23,24)25)9-10-13(15)20(22,17(26)27)14-7-5-6-8-16(14)29-4/h5-11H,1-4H3/t20-/m1/s1. The number of carbonyl (C=O) groups is 2. The molecule has 0 saturated heterocycles. The largest absolute Gasteiger partial charge is 0.496 e. The van der Waals surface area contributed by atoms with E-state index in [0.717, 1.165) is 6.07 Å². The van der Waals surface area contributed by atoms with Gasteiger partial charge in [0, 0.05) is 11.1 Å². The van der Waals surface area contributed by atoms with Crippen molar-refractivity contribution in [2.75, 3.05) is 12.0 Å². The van der Waals surface area contributed by atoms with E-state index in [4.69, 9.17) is 9.47 Å². The van der Waals surface area contributed by atoms with Crippen LogP contribution in [0.3, 0.4) is 0 Å². The average Bonchev–Trinajstić information content (AvgIpc) is 2.87. The molecule has 2 aromatic carbocycles. The molecule has 2 amide bonds. The number of hydrogen-bond donors (Lipinski definition) is 0. The summed E-state index contributed by atoms with van der Waals surface area (Å²) in [5.41, 5.74) is -6.31. The van der Waals surface area contributed by atoms with Crippen LogP contribution in [0.4, 0.5) is 28.0 Å². The summed E-state index contributed by atoms with van der Waals surface area (Å²) in [6.07, 6.45) is -6.04. The maximum absolute atomic E-state index is 16.4. The first-order chi connectivity index (χ1) is 13.8. The van der Waals surface area contributed by atoms with Gasteiger partial charge in [-0.15, -0.1) is 0 Å². The number of benzene rings is 2. The lowest BCUT2D eigenvalue weighted by atomic mass is 9.88. The van der Waals surface area contributed by atoms with Crippen molar-refractivity contribution in [2.24, 2.45) is 0 Å². The minimum atomic E-state index is -4.76. The summed E-state index contributed by atoms with van der Waals surface area (Å²) in [6.45, 7) is 4.55. The van der Waals surface area contributed by atoms with Gasteiger partial charge in [0.2, 0.25) is 5.67 Å². The van der Waals surface area contributed by atoms with E-state index in [1.165, 1.54) is 46.1 Å². The third-order valence-electron chi connectivity index (χ3n) is 4.49. The topological polar surface area (TPSA) is 55.8 Å². The van der Waals surface area contributed by atoms with Crippen LogP contribution in [-0.2, 0) is 21.4 Å². The summed E-state index contributed by atoms with van der Waals surface area (Å²) in [5.74, 6) is -1.37. The molecule has 3 rings (SSSR count). The molecule has 5 nitrogen and oxygen atoms in total. The van der Waals surface area contributed by atoms with Crippen LogP contribution in [0.2, 0.25) is 0 Å². The Morgan fingerprint density at radius 1 is 1.03 bits per heavy atom. The maximum atomic E-state index is 16.4. The summed E-state index contributed by atoms with van der Waals surface area (Å²) in [5, 5.41) is 0. The normalized spacial score (nSPS) is 18.9. The van der Waals surface area contributed by atoms with E-state index in [1.807, 2.05) is 0 Å². The fourth-order valence-corrected chi connectivity index (χ4v) is 3.24. The van der Waals surface area contributed by atoms with Gasteiger partial charge < -0.3 is 9.47 Å². The van der Waals surface area contributed by atoms with Gasteiger partial charge in [-0.3, -0.25) is 4.79 Å². The molecule has 0 unspecified atom stereocenters. The van der Waals surface area contributed by atoms with E-state index >= 15 is 4.39 Å². The number of methoxy groups -OCH3 is 1. The molecule has 2 aromatic rings. The van der Waals surface area contributed by atoms with Crippen molar-refractivity contribution in [1.82, 2.24) is 0 Å². The first-order valence-corrected chi connectivity index (χ1v) is 8.92. The van der Waals surface area contributed by atoms with Crippen LogP contribution in [0, 0.1) is 0 Å². The fraction of sp³-hybridized carbons (Fsp3) is 0.333. The van der Waals surface area contributed by atoms with Gasteiger partial charge in [-0.25, -0.2) is 14.1 Å². The van der Waals surface area contributed by atoms with E-state index in [2.05, 4.69) is 0 Å². The molecule has 1 aliphatic heterocycles. The van der Waals surface area contributed by atoms with E-state index in [0.29, 0.717) is 17.0 Å². The minimum absolute atomic E-state index is 0.00485. The first kappa shape index (κ1) is 21.6. The summed E-state index contributed by atoms with van der Waals surface area (Å²) in [6, 6.07) is 7.76. The van der Waals surface area contributed by atoms with Crippen LogP contribution in [0.15, 0.2) is 42.5 Å². The van der Waals surface area contributed by atoms with Gasteiger partial charge in [0.15, 0.2) is 0 Å². The highest BCUT2D eigenvalue weighted by molar-refractivity contribution is 6.22. The molecular weight excluding hydrogens is 406 g/mol.